The summed E-state index contributed by atoms with van der Waals surface area (Å²) in [5, 5.41) is 13.9. The minimum absolute atomic E-state index is 0.123. The second kappa shape index (κ2) is 3.85. The molecule has 1 saturated carbocycles. The zero-order valence-electron chi connectivity index (χ0n) is 8.48. The number of benzene rings is 1. The fourth-order valence-electron chi connectivity index (χ4n) is 1.43. The molecule has 0 aliphatic heterocycles. The van der Waals surface area contributed by atoms with Gasteiger partial charge >= 0.3 is 0 Å². The van der Waals surface area contributed by atoms with Crippen LogP contribution in [0.5, 0.6) is 5.75 Å². The number of hydrogen-bond acceptors (Lipinski definition) is 2. The molecule has 0 heterocycles. The monoisotopic (exact) mass is 245 g/mol. The quantitative estimate of drug-likeness (QED) is 0.857. The standard InChI is InChI=1S/C11H13Cl2NO/c1-11(2-3-11)14-6-7-4-8(12)5-9(13)10(7)15/h4-5,14-15H,2-3,6H2,1H3. The normalized spacial score (nSPS) is 17.8. The highest BCUT2D eigenvalue weighted by Crippen LogP contribution is 2.36. The number of phenolic OH excluding ortho intramolecular Hbond substituents is 1. The molecule has 2 nitrogen and oxygen atoms in total. The minimum atomic E-state index is 0.123. The highest BCUT2D eigenvalue weighted by atomic mass is 35.5. The number of halogens is 2. The van der Waals surface area contributed by atoms with E-state index in [9.17, 15) is 5.11 Å². The van der Waals surface area contributed by atoms with Gasteiger partial charge in [0.2, 0.25) is 0 Å². The molecular weight excluding hydrogens is 233 g/mol. The third-order valence-corrected chi connectivity index (χ3v) is 3.32. The summed E-state index contributed by atoms with van der Waals surface area (Å²) in [5.41, 5.74) is 0.988. The van der Waals surface area contributed by atoms with Gasteiger partial charge in [0.15, 0.2) is 0 Å². The highest BCUT2D eigenvalue weighted by Gasteiger charge is 2.36. The zero-order valence-corrected chi connectivity index (χ0v) is 9.99. The molecule has 0 aromatic heterocycles. The lowest BCUT2D eigenvalue weighted by Gasteiger charge is -2.13. The van der Waals surface area contributed by atoms with E-state index in [4.69, 9.17) is 23.2 Å². The molecule has 4 heteroatoms. The van der Waals surface area contributed by atoms with E-state index in [2.05, 4.69) is 12.2 Å². The molecule has 1 fully saturated rings. The average molecular weight is 246 g/mol. The Kier molecular flexibility index (Phi) is 2.84. The molecule has 2 rings (SSSR count). The molecule has 1 aromatic carbocycles. The number of phenols is 1. The van der Waals surface area contributed by atoms with Gasteiger partial charge in [-0.3, -0.25) is 0 Å². The van der Waals surface area contributed by atoms with Crippen LogP contribution >= 0.6 is 23.2 Å². The van der Waals surface area contributed by atoms with Gasteiger partial charge in [-0.1, -0.05) is 23.2 Å². The Morgan fingerprint density at radius 1 is 1.40 bits per heavy atom. The number of rotatable bonds is 3. The number of hydrogen-bond donors (Lipinski definition) is 2. The summed E-state index contributed by atoms with van der Waals surface area (Å²) in [5.74, 6) is 0.123. The van der Waals surface area contributed by atoms with Gasteiger partial charge in [0.25, 0.3) is 0 Å². The Hall–Kier alpha value is -0.440. The maximum Gasteiger partial charge on any atom is 0.138 e. The molecule has 0 saturated heterocycles. The molecule has 1 aliphatic carbocycles. The molecule has 0 spiro atoms. The Bertz CT molecular complexity index is 388. The summed E-state index contributed by atoms with van der Waals surface area (Å²) in [6.07, 6.45) is 2.37. The molecule has 1 aliphatic rings. The van der Waals surface area contributed by atoms with Crippen LogP contribution in [0.15, 0.2) is 12.1 Å². The fraction of sp³-hybridized carbons (Fsp3) is 0.455. The van der Waals surface area contributed by atoms with Crippen LogP contribution in [-0.2, 0) is 6.54 Å². The maximum atomic E-state index is 9.71. The predicted octanol–water partition coefficient (Wildman–Crippen LogP) is 3.34. The third-order valence-electron chi connectivity index (χ3n) is 2.81. The summed E-state index contributed by atoms with van der Waals surface area (Å²) < 4.78 is 0. The van der Waals surface area contributed by atoms with Gasteiger partial charge in [0.05, 0.1) is 5.02 Å². The Morgan fingerprint density at radius 2 is 2.07 bits per heavy atom. The summed E-state index contributed by atoms with van der Waals surface area (Å²) >= 11 is 11.7. The largest absolute Gasteiger partial charge is 0.506 e. The van der Waals surface area contributed by atoms with E-state index in [1.807, 2.05) is 0 Å². The predicted molar refractivity (Wildman–Crippen MR) is 62.6 cm³/mol. The van der Waals surface area contributed by atoms with Crippen LogP contribution in [0.3, 0.4) is 0 Å². The van der Waals surface area contributed by atoms with Crippen molar-refractivity contribution in [3.63, 3.8) is 0 Å². The Labute approximate surface area is 99.2 Å². The van der Waals surface area contributed by atoms with Gasteiger partial charge in [-0.05, 0) is 31.9 Å². The third kappa shape index (κ3) is 2.57. The van der Waals surface area contributed by atoms with E-state index in [0.29, 0.717) is 16.6 Å². The molecule has 0 amide bonds. The van der Waals surface area contributed by atoms with Crippen molar-refractivity contribution in [1.29, 1.82) is 0 Å². The van der Waals surface area contributed by atoms with Crippen LogP contribution in [0.2, 0.25) is 10.0 Å². The van der Waals surface area contributed by atoms with E-state index in [-0.39, 0.29) is 11.3 Å². The van der Waals surface area contributed by atoms with E-state index in [1.54, 1.807) is 12.1 Å². The van der Waals surface area contributed by atoms with Gasteiger partial charge in [-0.25, -0.2) is 0 Å². The first-order valence-corrected chi connectivity index (χ1v) is 5.68. The summed E-state index contributed by atoms with van der Waals surface area (Å²) in [4.78, 5) is 0. The fourth-order valence-corrected chi connectivity index (χ4v) is 1.96. The van der Waals surface area contributed by atoms with Crippen molar-refractivity contribution >= 4 is 23.2 Å². The Balaban J connectivity index is 2.13. The van der Waals surface area contributed by atoms with Gasteiger partial charge in [-0.2, -0.15) is 0 Å². The van der Waals surface area contributed by atoms with Crippen molar-refractivity contribution in [3.8, 4) is 5.75 Å². The van der Waals surface area contributed by atoms with Crippen LogP contribution in [0.4, 0.5) is 0 Å². The summed E-state index contributed by atoms with van der Waals surface area (Å²) in [6.45, 7) is 2.76. The second-order valence-electron chi connectivity index (χ2n) is 4.31. The van der Waals surface area contributed by atoms with Gasteiger partial charge < -0.3 is 10.4 Å². The molecule has 0 radical (unpaired) electrons. The Morgan fingerprint density at radius 3 is 2.67 bits per heavy atom. The van der Waals surface area contributed by atoms with Crippen molar-refractivity contribution in [2.45, 2.75) is 31.8 Å². The summed E-state index contributed by atoms with van der Waals surface area (Å²) in [7, 11) is 0. The average Bonchev–Trinajstić information content (AvgIpc) is 2.88. The van der Waals surface area contributed by atoms with Gasteiger partial charge in [-0.15, -0.1) is 0 Å². The molecule has 0 bridgehead atoms. The molecule has 1 aromatic rings. The SMILES string of the molecule is CC1(NCc2cc(Cl)cc(Cl)c2O)CC1. The van der Waals surface area contributed by atoms with Crippen molar-refractivity contribution in [3.05, 3.63) is 27.7 Å². The van der Waals surface area contributed by atoms with E-state index >= 15 is 0 Å². The van der Waals surface area contributed by atoms with Crippen molar-refractivity contribution in [2.75, 3.05) is 0 Å². The molecule has 15 heavy (non-hydrogen) atoms. The molecule has 82 valence electrons. The van der Waals surface area contributed by atoms with E-state index in [1.165, 1.54) is 12.8 Å². The summed E-state index contributed by atoms with van der Waals surface area (Å²) in [6, 6.07) is 3.28. The van der Waals surface area contributed by atoms with E-state index < -0.39 is 0 Å². The molecule has 0 unspecified atom stereocenters. The van der Waals surface area contributed by atoms with Crippen LogP contribution in [-0.4, -0.2) is 10.6 Å². The van der Waals surface area contributed by atoms with Crippen molar-refractivity contribution in [2.24, 2.45) is 0 Å². The van der Waals surface area contributed by atoms with Gasteiger partial charge in [0, 0.05) is 22.7 Å². The van der Waals surface area contributed by atoms with E-state index in [0.717, 1.165) is 5.56 Å². The molecule has 2 N–H and O–H groups in total. The smallest absolute Gasteiger partial charge is 0.138 e. The minimum Gasteiger partial charge on any atom is -0.506 e. The van der Waals surface area contributed by atoms with Crippen molar-refractivity contribution < 1.29 is 5.11 Å². The van der Waals surface area contributed by atoms with Crippen molar-refractivity contribution in [1.82, 2.24) is 5.32 Å². The lowest BCUT2D eigenvalue weighted by Crippen LogP contribution is -2.26. The van der Waals surface area contributed by atoms with Crippen LogP contribution in [0.1, 0.15) is 25.3 Å². The zero-order chi connectivity index (χ0) is 11.1. The van der Waals surface area contributed by atoms with Gasteiger partial charge in [0.1, 0.15) is 5.75 Å². The first kappa shape index (κ1) is 11.1. The molecule has 0 atom stereocenters. The lowest BCUT2D eigenvalue weighted by atomic mass is 10.2. The topological polar surface area (TPSA) is 32.3 Å². The van der Waals surface area contributed by atoms with Crippen LogP contribution in [0.25, 0.3) is 0 Å². The second-order valence-corrected chi connectivity index (χ2v) is 5.15. The van der Waals surface area contributed by atoms with Crippen LogP contribution in [0, 0.1) is 0 Å². The first-order chi connectivity index (χ1) is 7.00. The van der Waals surface area contributed by atoms with Crippen LogP contribution < -0.4 is 5.32 Å². The molecular formula is C11H13Cl2NO. The number of nitrogens with one attached hydrogen (secondary N) is 1. The maximum absolute atomic E-state index is 9.71. The lowest BCUT2D eigenvalue weighted by molar-refractivity contribution is 0.457. The highest BCUT2D eigenvalue weighted by molar-refractivity contribution is 6.35. The first-order valence-electron chi connectivity index (χ1n) is 4.92. The number of aromatic hydroxyl groups is 1.